The molecule has 7 nitrogen and oxygen atoms in total. The molecule has 0 bridgehead atoms. The largest absolute Gasteiger partial charge is 0.356 e. The van der Waals surface area contributed by atoms with Gasteiger partial charge in [0.2, 0.25) is 11.9 Å². The van der Waals surface area contributed by atoms with E-state index in [1.165, 1.54) is 0 Å². The molecule has 1 saturated heterocycles. The normalized spacial score (nSPS) is 14.4. The van der Waals surface area contributed by atoms with Crippen molar-refractivity contribution < 1.29 is 9.59 Å². The Morgan fingerprint density at radius 3 is 2.59 bits per heavy atom. The van der Waals surface area contributed by atoms with Crippen LogP contribution < -0.4 is 10.6 Å². The lowest BCUT2D eigenvalue weighted by Crippen LogP contribution is -2.43. The molecule has 7 heteroatoms. The van der Waals surface area contributed by atoms with E-state index in [0.717, 1.165) is 31.5 Å². The summed E-state index contributed by atoms with van der Waals surface area (Å²) < 4.78 is 0. The van der Waals surface area contributed by atoms with Crippen molar-refractivity contribution in [2.24, 2.45) is 5.92 Å². The third-order valence-electron chi connectivity index (χ3n) is 5.16. The number of amides is 2. The Kier molecular flexibility index (Phi) is 7.55. The van der Waals surface area contributed by atoms with Gasteiger partial charge in [-0.3, -0.25) is 9.59 Å². The molecule has 2 heterocycles. The number of carbonyl (C=O) groups is 2. The Labute approximate surface area is 171 Å². The number of unbranched alkanes of at least 4 members (excludes halogenated alkanes) is 2. The number of likely N-dealkylation sites (tertiary alicyclic amines) is 1. The van der Waals surface area contributed by atoms with Crippen LogP contribution in [0.5, 0.6) is 0 Å². The van der Waals surface area contributed by atoms with Crippen molar-refractivity contribution >= 4 is 23.5 Å². The Bertz CT molecular complexity index is 804. The van der Waals surface area contributed by atoms with Crippen LogP contribution in [0.25, 0.3) is 0 Å². The van der Waals surface area contributed by atoms with Crippen molar-refractivity contribution in [3.8, 4) is 0 Å². The van der Waals surface area contributed by atoms with Crippen LogP contribution in [0.2, 0.25) is 0 Å². The molecule has 1 aromatic heterocycles. The standard InChI is InChI=1S/C22H29N5O2/c1-2-3-4-11-23-20(28)17-9-14-27(15-10-17)21(29)18-7-5-8-19(16-18)26-22-24-12-6-13-25-22/h5-8,12-13,16-17H,2-4,9-11,14-15H2,1H3,(H,23,28)(H,24,25,26). The molecule has 2 N–H and O–H groups in total. The SMILES string of the molecule is CCCCCNC(=O)C1CCN(C(=O)c2cccc(Nc3ncccn3)c2)CC1. The molecule has 154 valence electrons. The number of carbonyl (C=O) groups excluding carboxylic acids is 2. The van der Waals surface area contributed by atoms with Gasteiger partial charge in [-0.1, -0.05) is 25.8 Å². The van der Waals surface area contributed by atoms with Gasteiger partial charge >= 0.3 is 0 Å². The number of benzene rings is 1. The smallest absolute Gasteiger partial charge is 0.253 e. The van der Waals surface area contributed by atoms with Gasteiger partial charge in [0.1, 0.15) is 0 Å². The average Bonchev–Trinajstić information content (AvgIpc) is 2.77. The number of aromatic nitrogens is 2. The third kappa shape index (κ3) is 6.01. The van der Waals surface area contributed by atoms with E-state index in [2.05, 4.69) is 27.5 Å². The number of nitrogens with one attached hydrogen (secondary N) is 2. The summed E-state index contributed by atoms with van der Waals surface area (Å²) in [6.45, 7) is 4.10. The molecular formula is C22H29N5O2. The van der Waals surface area contributed by atoms with Crippen molar-refractivity contribution in [1.82, 2.24) is 20.2 Å². The van der Waals surface area contributed by atoms with Crippen LogP contribution in [0.4, 0.5) is 11.6 Å². The lowest BCUT2D eigenvalue weighted by molar-refractivity contribution is -0.126. The molecule has 0 radical (unpaired) electrons. The van der Waals surface area contributed by atoms with Crippen molar-refractivity contribution in [3.05, 3.63) is 48.3 Å². The van der Waals surface area contributed by atoms with E-state index in [1.54, 1.807) is 18.5 Å². The van der Waals surface area contributed by atoms with Gasteiger partial charge in [-0.15, -0.1) is 0 Å². The van der Waals surface area contributed by atoms with Crippen molar-refractivity contribution in [2.45, 2.75) is 39.0 Å². The van der Waals surface area contributed by atoms with E-state index in [1.807, 2.05) is 29.2 Å². The zero-order chi connectivity index (χ0) is 20.5. The zero-order valence-corrected chi connectivity index (χ0v) is 16.9. The summed E-state index contributed by atoms with van der Waals surface area (Å²) in [4.78, 5) is 35.3. The first-order valence-electron chi connectivity index (χ1n) is 10.4. The first kappa shape index (κ1) is 20.8. The predicted molar refractivity (Wildman–Crippen MR) is 113 cm³/mol. The number of rotatable bonds is 8. The van der Waals surface area contributed by atoms with E-state index < -0.39 is 0 Å². The first-order valence-corrected chi connectivity index (χ1v) is 10.4. The fraction of sp³-hybridized carbons (Fsp3) is 0.455. The Morgan fingerprint density at radius 1 is 1.10 bits per heavy atom. The first-order chi connectivity index (χ1) is 14.2. The minimum absolute atomic E-state index is 0.00362. The van der Waals surface area contributed by atoms with E-state index >= 15 is 0 Å². The van der Waals surface area contributed by atoms with E-state index in [4.69, 9.17) is 0 Å². The fourth-order valence-electron chi connectivity index (χ4n) is 3.48. The van der Waals surface area contributed by atoms with Gasteiger partial charge in [0.15, 0.2) is 0 Å². The van der Waals surface area contributed by atoms with Crippen LogP contribution in [0.15, 0.2) is 42.7 Å². The lowest BCUT2D eigenvalue weighted by Gasteiger charge is -2.31. The van der Waals surface area contributed by atoms with Crippen LogP contribution >= 0.6 is 0 Å². The topological polar surface area (TPSA) is 87.2 Å². The monoisotopic (exact) mass is 395 g/mol. The molecule has 1 aliphatic rings. The van der Waals surface area contributed by atoms with Crippen molar-refractivity contribution in [1.29, 1.82) is 0 Å². The van der Waals surface area contributed by atoms with Gasteiger partial charge in [-0.2, -0.15) is 0 Å². The maximum absolute atomic E-state index is 12.9. The molecule has 0 spiro atoms. The maximum Gasteiger partial charge on any atom is 0.253 e. The number of anilines is 2. The molecule has 0 saturated carbocycles. The number of nitrogens with zero attached hydrogens (tertiary/aromatic N) is 3. The molecule has 0 aliphatic carbocycles. The van der Waals surface area contributed by atoms with Crippen LogP contribution in [-0.2, 0) is 4.79 Å². The van der Waals surface area contributed by atoms with Gasteiger partial charge in [-0.25, -0.2) is 9.97 Å². The van der Waals surface area contributed by atoms with Gasteiger partial charge in [0.05, 0.1) is 0 Å². The van der Waals surface area contributed by atoms with Crippen molar-refractivity contribution in [2.75, 3.05) is 25.0 Å². The Balaban J connectivity index is 1.51. The summed E-state index contributed by atoms with van der Waals surface area (Å²) in [7, 11) is 0. The van der Waals surface area contributed by atoms with Crippen LogP contribution in [0.3, 0.4) is 0 Å². The molecule has 2 aromatic rings. The second kappa shape index (κ2) is 10.5. The van der Waals surface area contributed by atoms with Crippen molar-refractivity contribution in [3.63, 3.8) is 0 Å². The summed E-state index contributed by atoms with van der Waals surface area (Å²) >= 11 is 0. The molecule has 0 unspecified atom stereocenters. The molecule has 1 aliphatic heterocycles. The van der Waals surface area contributed by atoms with E-state index in [0.29, 0.717) is 37.4 Å². The molecule has 1 aromatic carbocycles. The highest BCUT2D eigenvalue weighted by molar-refractivity contribution is 5.95. The van der Waals surface area contributed by atoms with E-state index in [-0.39, 0.29) is 17.7 Å². The highest BCUT2D eigenvalue weighted by Gasteiger charge is 2.27. The summed E-state index contributed by atoms with van der Waals surface area (Å²) in [5.74, 6) is 0.610. The van der Waals surface area contributed by atoms with Gasteiger partial charge in [0, 0.05) is 49.2 Å². The molecule has 2 amide bonds. The number of piperidine rings is 1. The van der Waals surface area contributed by atoms with Crippen LogP contribution in [0.1, 0.15) is 49.4 Å². The fourth-order valence-corrected chi connectivity index (χ4v) is 3.48. The summed E-state index contributed by atoms with van der Waals surface area (Å²) in [5, 5.41) is 6.14. The van der Waals surface area contributed by atoms with Gasteiger partial charge < -0.3 is 15.5 Å². The number of hydrogen-bond acceptors (Lipinski definition) is 5. The minimum Gasteiger partial charge on any atom is -0.356 e. The molecule has 1 fully saturated rings. The summed E-state index contributed by atoms with van der Waals surface area (Å²) in [6, 6.07) is 9.09. The Hall–Kier alpha value is -2.96. The second-order valence-electron chi connectivity index (χ2n) is 7.34. The quantitative estimate of drug-likeness (QED) is 0.669. The highest BCUT2D eigenvalue weighted by atomic mass is 16.2. The highest BCUT2D eigenvalue weighted by Crippen LogP contribution is 2.21. The Morgan fingerprint density at radius 2 is 1.86 bits per heavy atom. The predicted octanol–water partition coefficient (Wildman–Crippen LogP) is 3.38. The number of hydrogen-bond donors (Lipinski definition) is 2. The van der Waals surface area contributed by atoms with Crippen LogP contribution in [-0.4, -0.2) is 46.3 Å². The lowest BCUT2D eigenvalue weighted by atomic mass is 9.95. The second-order valence-corrected chi connectivity index (χ2v) is 7.34. The zero-order valence-electron chi connectivity index (χ0n) is 16.9. The maximum atomic E-state index is 12.9. The summed E-state index contributed by atoms with van der Waals surface area (Å²) in [6.07, 6.45) is 8.05. The minimum atomic E-state index is -0.00978. The molecule has 29 heavy (non-hydrogen) atoms. The third-order valence-corrected chi connectivity index (χ3v) is 5.16. The molecular weight excluding hydrogens is 366 g/mol. The summed E-state index contributed by atoms with van der Waals surface area (Å²) in [5.41, 5.74) is 1.39. The molecule has 0 atom stereocenters. The van der Waals surface area contributed by atoms with E-state index in [9.17, 15) is 9.59 Å². The van der Waals surface area contributed by atoms with Gasteiger partial charge in [0.25, 0.3) is 5.91 Å². The molecule has 3 rings (SSSR count). The van der Waals surface area contributed by atoms with Gasteiger partial charge in [-0.05, 0) is 43.5 Å². The average molecular weight is 396 g/mol. The van der Waals surface area contributed by atoms with Crippen LogP contribution in [0, 0.1) is 5.92 Å².